The third-order valence-electron chi connectivity index (χ3n) is 5.46. The smallest absolute Gasteiger partial charge is 0.408 e. The molecule has 2 heterocycles. The van der Waals surface area contributed by atoms with Crippen LogP contribution in [0.25, 0.3) is 0 Å². The first kappa shape index (κ1) is 34.2. The number of hydrogen-bond donors (Lipinski definition) is 2. The first-order chi connectivity index (χ1) is 20.6. The van der Waals surface area contributed by atoms with Gasteiger partial charge >= 0.3 is 12.1 Å². The van der Waals surface area contributed by atoms with Crippen molar-refractivity contribution in [3.63, 3.8) is 0 Å². The maximum atomic E-state index is 15.1. The number of pyridine rings is 1. The van der Waals surface area contributed by atoms with Crippen LogP contribution in [-0.2, 0) is 30.8 Å². The van der Waals surface area contributed by atoms with Crippen molar-refractivity contribution in [1.29, 1.82) is 0 Å². The third kappa shape index (κ3) is 9.34. The number of hydrogen-bond acceptors (Lipinski definition) is 11. The molecule has 0 atom stereocenters. The zero-order valence-electron chi connectivity index (χ0n) is 25.0. The van der Waals surface area contributed by atoms with E-state index in [-0.39, 0.29) is 29.8 Å². The van der Waals surface area contributed by atoms with E-state index < -0.39 is 56.7 Å². The molecule has 0 aliphatic rings. The highest BCUT2D eigenvalue weighted by Gasteiger charge is 2.32. The number of thiazole rings is 1. The molecule has 0 aliphatic heterocycles. The van der Waals surface area contributed by atoms with Gasteiger partial charge in [-0.2, -0.15) is 0 Å². The second-order valence-electron chi connectivity index (χ2n) is 10.8. The lowest BCUT2D eigenvalue weighted by atomic mass is 10.2. The Bertz CT molecular complexity index is 1590. The minimum atomic E-state index is -4.56. The van der Waals surface area contributed by atoms with E-state index in [9.17, 15) is 22.8 Å². The number of methoxy groups -OCH3 is 1. The second kappa shape index (κ2) is 14.4. The Balaban J connectivity index is 1.90. The minimum Gasteiger partial charge on any atom is -0.497 e. The molecule has 13 nitrogen and oxygen atoms in total. The molecule has 0 saturated heterocycles. The Kier molecular flexibility index (Phi) is 11.2. The largest absolute Gasteiger partial charge is 0.497 e. The minimum absolute atomic E-state index is 0.0290. The van der Waals surface area contributed by atoms with Crippen LogP contribution in [0.1, 0.15) is 50.7 Å². The topological polar surface area (TPSA) is 166 Å². The highest BCUT2D eigenvalue weighted by Crippen LogP contribution is 2.33. The number of benzene rings is 1. The maximum absolute atomic E-state index is 15.1. The van der Waals surface area contributed by atoms with Crippen molar-refractivity contribution in [1.82, 2.24) is 15.3 Å². The van der Waals surface area contributed by atoms with E-state index >= 15 is 4.39 Å². The Hall–Kier alpha value is -4.31. The van der Waals surface area contributed by atoms with Crippen LogP contribution in [0.2, 0.25) is 0 Å². The summed E-state index contributed by atoms with van der Waals surface area (Å²) in [5, 5.41) is 4.36. The fourth-order valence-corrected chi connectivity index (χ4v) is 5.88. The number of rotatable bonds is 12. The van der Waals surface area contributed by atoms with Gasteiger partial charge < -0.3 is 24.8 Å². The SMILES string of the molecule is COc1ccc(CN(c2scnc2C(=O)OCC(C)C)S(=O)(=O)c2cnc(NC(=O)CNC(=O)OC(C)(C)C)c(F)c2)cc1. The van der Waals surface area contributed by atoms with Crippen LogP contribution in [0.5, 0.6) is 5.75 Å². The van der Waals surface area contributed by atoms with Crippen LogP contribution in [0.3, 0.4) is 0 Å². The predicted octanol–water partition coefficient (Wildman–Crippen LogP) is 4.36. The quantitative estimate of drug-likeness (QED) is 0.269. The lowest BCUT2D eigenvalue weighted by Crippen LogP contribution is -2.37. The molecule has 0 radical (unpaired) electrons. The monoisotopic (exact) mass is 651 g/mol. The van der Waals surface area contributed by atoms with Crippen LogP contribution < -0.4 is 19.7 Å². The van der Waals surface area contributed by atoms with E-state index in [1.54, 1.807) is 45.0 Å². The van der Waals surface area contributed by atoms with Crippen LogP contribution in [-0.4, -0.2) is 62.2 Å². The number of carbonyl (C=O) groups excluding carboxylic acids is 3. The van der Waals surface area contributed by atoms with Gasteiger partial charge in [0.25, 0.3) is 10.0 Å². The van der Waals surface area contributed by atoms with Gasteiger partial charge in [0.2, 0.25) is 5.91 Å². The molecule has 2 N–H and O–H groups in total. The molecular weight excluding hydrogens is 617 g/mol. The van der Waals surface area contributed by atoms with Gasteiger partial charge in [0.15, 0.2) is 17.3 Å². The van der Waals surface area contributed by atoms with E-state index in [0.717, 1.165) is 21.8 Å². The average molecular weight is 652 g/mol. The van der Waals surface area contributed by atoms with Crippen molar-refractivity contribution in [2.24, 2.45) is 5.92 Å². The summed E-state index contributed by atoms with van der Waals surface area (Å²) in [5.74, 6) is -2.77. The number of aromatic nitrogens is 2. The molecule has 3 rings (SSSR count). The summed E-state index contributed by atoms with van der Waals surface area (Å²) in [5.41, 5.74) is 0.827. The molecule has 1 aromatic carbocycles. The summed E-state index contributed by atoms with van der Waals surface area (Å²) in [4.78, 5) is 44.2. The van der Waals surface area contributed by atoms with Gasteiger partial charge in [0.05, 0.1) is 32.0 Å². The maximum Gasteiger partial charge on any atom is 0.408 e. The van der Waals surface area contributed by atoms with Crippen LogP contribution >= 0.6 is 11.3 Å². The van der Waals surface area contributed by atoms with E-state index in [0.29, 0.717) is 17.4 Å². The number of esters is 1. The zero-order chi connectivity index (χ0) is 32.7. The molecular formula is C28H34FN5O8S2. The lowest BCUT2D eigenvalue weighted by Gasteiger charge is -2.24. The zero-order valence-corrected chi connectivity index (χ0v) is 26.7. The summed E-state index contributed by atoms with van der Waals surface area (Å²) >= 11 is 0.890. The van der Waals surface area contributed by atoms with Crippen molar-refractivity contribution < 1.29 is 41.4 Å². The standard InChI is InChI=1S/C28H34FN5O8S2/c1-17(2)15-41-26(36)23-25(43-16-32-23)34(14-18-7-9-19(40-6)10-8-18)44(38,39)20-11-21(29)24(30-12-20)33-22(35)13-31-27(37)42-28(3,4)5/h7-12,16-17H,13-15H2,1-6H3,(H,31,37)(H,30,33,35). The number of amides is 2. The van der Waals surface area contributed by atoms with E-state index in [4.69, 9.17) is 14.2 Å². The number of nitrogens with zero attached hydrogens (tertiary/aromatic N) is 3. The average Bonchev–Trinajstić information content (AvgIpc) is 3.43. The first-order valence-corrected chi connectivity index (χ1v) is 15.6. The number of anilines is 2. The summed E-state index contributed by atoms with van der Waals surface area (Å²) in [6.45, 7) is 7.93. The number of carbonyl (C=O) groups is 3. The molecule has 0 spiro atoms. The van der Waals surface area contributed by atoms with Crippen LogP contribution in [0.4, 0.5) is 20.0 Å². The van der Waals surface area contributed by atoms with Crippen LogP contribution in [0, 0.1) is 11.7 Å². The second-order valence-corrected chi connectivity index (χ2v) is 13.5. The van der Waals surface area contributed by atoms with Gasteiger partial charge in [-0.15, -0.1) is 11.3 Å². The molecule has 2 amide bonds. The molecule has 44 heavy (non-hydrogen) atoms. The van der Waals surface area contributed by atoms with Crippen LogP contribution in [0.15, 0.2) is 46.9 Å². The van der Waals surface area contributed by atoms with Gasteiger partial charge in [-0.1, -0.05) is 26.0 Å². The fourth-order valence-electron chi connectivity index (χ4n) is 3.45. The molecule has 0 unspecified atom stereocenters. The normalized spacial score (nSPS) is 11.5. The summed E-state index contributed by atoms with van der Waals surface area (Å²) in [6.07, 6.45) is 0.0173. The molecule has 2 aromatic heterocycles. The number of nitrogens with one attached hydrogen (secondary N) is 2. The highest BCUT2D eigenvalue weighted by molar-refractivity contribution is 7.93. The van der Waals surface area contributed by atoms with Crippen molar-refractivity contribution in [3.05, 3.63) is 59.1 Å². The van der Waals surface area contributed by atoms with Gasteiger partial charge in [0.1, 0.15) is 27.8 Å². The number of alkyl carbamates (subject to hydrolysis) is 1. The summed E-state index contributed by atoms with van der Waals surface area (Å²) in [7, 11) is -3.07. The Morgan fingerprint density at radius 3 is 2.39 bits per heavy atom. The van der Waals surface area contributed by atoms with Gasteiger partial charge in [-0.3, -0.25) is 9.10 Å². The van der Waals surface area contributed by atoms with Gasteiger partial charge in [-0.05, 0) is 50.5 Å². The van der Waals surface area contributed by atoms with Gasteiger partial charge in [0, 0.05) is 0 Å². The highest BCUT2D eigenvalue weighted by atomic mass is 32.2. The van der Waals surface area contributed by atoms with Crippen molar-refractivity contribution in [2.75, 3.05) is 29.9 Å². The molecule has 0 saturated carbocycles. The van der Waals surface area contributed by atoms with E-state index in [2.05, 4.69) is 20.6 Å². The fraction of sp³-hybridized carbons (Fsp3) is 0.393. The third-order valence-corrected chi connectivity index (χ3v) is 8.13. The molecule has 16 heteroatoms. The molecule has 3 aromatic rings. The van der Waals surface area contributed by atoms with Crippen molar-refractivity contribution in [2.45, 2.75) is 51.7 Å². The number of ether oxygens (including phenoxy) is 3. The van der Waals surface area contributed by atoms with E-state index in [1.165, 1.54) is 12.6 Å². The van der Waals surface area contributed by atoms with Gasteiger partial charge in [-0.25, -0.2) is 32.4 Å². The molecule has 238 valence electrons. The lowest BCUT2D eigenvalue weighted by molar-refractivity contribution is -0.115. The Labute approximate surface area is 258 Å². The van der Waals surface area contributed by atoms with Crippen molar-refractivity contribution >= 4 is 50.1 Å². The first-order valence-electron chi connectivity index (χ1n) is 13.3. The Morgan fingerprint density at radius 1 is 1.11 bits per heavy atom. The predicted molar refractivity (Wildman–Crippen MR) is 161 cm³/mol. The van der Waals surface area contributed by atoms with E-state index in [1.807, 2.05) is 13.8 Å². The number of sulfonamides is 1. The molecule has 0 fully saturated rings. The molecule has 0 aliphatic carbocycles. The molecule has 0 bridgehead atoms. The van der Waals surface area contributed by atoms with Crippen molar-refractivity contribution in [3.8, 4) is 5.75 Å². The summed E-state index contributed by atoms with van der Waals surface area (Å²) in [6, 6.07) is 7.25. The number of halogens is 1. The summed E-state index contributed by atoms with van der Waals surface area (Å²) < 4.78 is 59.4. The Morgan fingerprint density at radius 2 is 1.80 bits per heavy atom.